The average molecular weight is 607 g/mol. The van der Waals surface area contributed by atoms with Crippen LogP contribution in [0.25, 0.3) is 43.9 Å². The molecule has 0 saturated heterocycles. The zero-order valence-electron chi connectivity index (χ0n) is 21.9. The Morgan fingerprint density at radius 2 is 1.03 bits per heavy atom. The van der Waals surface area contributed by atoms with Gasteiger partial charge in [0.1, 0.15) is 33.8 Å². The Bertz CT molecular complexity index is 1770. The zero-order chi connectivity index (χ0) is 26.7. The van der Waals surface area contributed by atoms with Crippen molar-refractivity contribution in [2.45, 2.75) is 52.4 Å². The molecule has 4 aromatic carbocycles. The van der Waals surface area contributed by atoms with Crippen LogP contribution in [0.15, 0.2) is 75.6 Å². The monoisotopic (exact) mass is 606 g/mol. The van der Waals surface area contributed by atoms with Gasteiger partial charge in [-0.1, -0.05) is 53.7 Å². The maximum Gasteiger partial charge on any atom is 0.136 e. The van der Waals surface area contributed by atoms with Crippen LogP contribution in [-0.2, 0) is 10.8 Å². The molecular formula is C32H31IO4. The van der Waals surface area contributed by atoms with Crippen LogP contribution in [0.2, 0.25) is 0 Å². The summed E-state index contributed by atoms with van der Waals surface area (Å²) in [5, 5.41) is 23.6. The number of hydrogen-bond acceptors (Lipinski definition) is 4. The van der Waals surface area contributed by atoms with Gasteiger partial charge in [0, 0.05) is 21.5 Å². The van der Waals surface area contributed by atoms with Crippen LogP contribution >= 0.6 is 22.6 Å². The highest BCUT2D eigenvalue weighted by atomic mass is 127. The summed E-state index contributed by atoms with van der Waals surface area (Å²) in [6.07, 6.45) is 0. The van der Waals surface area contributed by atoms with Gasteiger partial charge in [0.2, 0.25) is 0 Å². The van der Waals surface area contributed by atoms with Crippen molar-refractivity contribution in [3.63, 3.8) is 0 Å². The molecule has 190 valence electrons. The van der Waals surface area contributed by atoms with Gasteiger partial charge in [-0.05, 0) is 99.1 Å². The first-order valence-corrected chi connectivity index (χ1v) is 13.4. The number of benzene rings is 4. The average Bonchev–Trinajstić information content (AvgIpc) is 3.38. The fraction of sp³-hybridized carbons (Fsp3) is 0.250. The Balaban J connectivity index is 0.000000152. The topological polar surface area (TPSA) is 66.7 Å². The Morgan fingerprint density at radius 1 is 0.568 bits per heavy atom. The molecule has 0 aliphatic carbocycles. The molecule has 0 bridgehead atoms. The lowest BCUT2D eigenvalue weighted by Crippen LogP contribution is -2.10. The lowest BCUT2D eigenvalue weighted by Gasteiger charge is -2.18. The summed E-state index contributed by atoms with van der Waals surface area (Å²) in [5.41, 5.74) is 6.10. The quantitative estimate of drug-likeness (QED) is 0.169. The van der Waals surface area contributed by atoms with Crippen molar-refractivity contribution in [3.8, 4) is 11.5 Å². The molecule has 0 aliphatic heterocycles. The van der Waals surface area contributed by atoms with Gasteiger partial charge in [-0.2, -0.15) is 0 Å². The molecule has 37 heavy (non-hydrogen) atoms. The van der Waals surface area contributed by atoms with E-state index in [4.69, 9.17) is 8.83 Å². The third kappa shape index (κ3) is 4.77. The van der Waals surface area contributed by atoms with E-state index < -0.39 is 0 Å². The number of furan rings is 2. The second-order valence-corrected chi connectivity index (χ2v) is 12.7. The second kappa shape index (κ2) is 8.98. The third-order valence-electron chi connectivity index (χ3n) is 6.74. The van der Waals surface area contributed by atoms with Crippen molar-refractivity contribution in [1.82, 2.24) is 0 Å². The minimum absolute atomic E-state index is 0.0973. The van der Waals surface area contributed by atoms with Gasteiger partial charge in [0.05, 0.1) is 3.57 Å². The molecule has 0 amide bonds. The molecule has 2 N–H and O–H groups in total. The summed E-state index contributed by atoms with van der Waals surface area (Å²) < 4.78 is 12.5. The SMILES string of the molecule is CC(C)(C)c1ccc2oc3ccc(O)c(I)c3c2c1.CC(C)(C)c1ccc2oc3ccc(O)cc3c2c1. The van der Waals surface area contributed by atoms with Gasteiger partial charge in [-0.25, -0.2) is 0 Å². The summed E-state index contributed by atoms with van der Waals surface area (Å²) in [5.74, 6) is 0.573. The minimum Gasteiger partial charge on any atom is -0.508 e. The van der Waals surface area contributed by atoms with Crippen LogP contribution < -0.4 is 0 Å². The molecule has 6 rings (SSSR count). The van der Waals surface area contributed by atoms with Crippen molar-refractivity contribution in [2.24, 2.45) is 0 Å². The fourth-order valence-corrected chi connectivity index (χ4v) is 5.25. The van der Waals surface area contributed by atoms with Crippen molar-refractivity contribution in [2.75, 3.05) is 0 Å². The molecule has 0 fully saturated rings. The lowest BCUT2D eigenvalue weighted by molar-refractivity contribution is 0.472. The van der Waals surface area contributed by atoms with E-state index in [1.165, 1.54) is 11.1 Å². The lowest BCUT2D eigenvalue weighted by atomic mass is 9.86. The number of phenolic OH excluding ortho intramolecular Hbond substituents is 2. The molecule has 4 nitrogen and oxygen atoms in total. The van der Waals surface area contributed by atoms with Crippen LogP contribution in [0, 0.1) is 3.57 Å². The predicted octanol–water partition coefficient (Wildman–Crippen LogP) is 9.78. The smallest absolute Gasteiger partial charge is 0.136 e. The first-order chi connectivity index (χ1) is 17.3. The van der Waals surface area contributed by atoms with E-state index in [1.807, 2.05) is 18.2 Å². The zero-order valence-corrected chi connectivity index (χ0v) is 24.1. The molecule has 2 heterocycles. The molecule has 5 heteroatoms. The first kappa shape index (κ1) is 25.5. The van der Waals surface area contributed by atoms with Crippen molar-refractivity contribution in [1.29, 1.82) is 0 Å². The van der Waals surface area contributed by atoms with Crippen LogP contribution in [0.5, 0.6) is 11.5 Å². The van der Waals surface area contributed by atoms with E-state index in [-0.39, 0.29) is 16.6 Å². The van der Waals surface area contributed by atoms with Crippen LogP contribution in [0.4, 0.5) is 0 Å². The Morgan fingerprint density at radius 3 is 1.62 bits per heavy atom. The van der Waals surface area contributed by atoms with Crippen molar-refractivity contribution >= 4 is 66.5 Å². The van der Waals surface area contributed by atoms with Crippen LogP contribution in [0.1, 0.15) is 52.7 Å². The van der Waals surface area contributed by atoms with Crippen LogP contribution in [-0.4, -0.2) is 10.2 Å². The predicted molar refractivity (Wildman–Crippen MR) is 161 cm³/mol. The molecule has 6 aromatic rings. The van der Waals surface area contributed by atoms with Gasteiger partial charge >= 0.3 is 0 Å². The summed E-state index contributed by atoms with van der Waals surface area (Å²) in [7, 11) is 0. The van der Waals surface area contributed by atoms with Gasteiger partial charge < -0.3 is 19.0 Å². The summed E-state index contributed by atoms with van der Waals surface area (Å²) in [6, 6.07) is 21.3. The molecule has 0 unspecified atom stereocenters. The highest BCUT2D eigenvalue weighted by molar-refractivity contribution is 14.1. The number of fused-ring (bicyclic) bond motifs is 6. The summed E-state index contributed by atoms with van der Waals surface area (Å²) in [6.45, 7) is 13.1. The molecule has 0 aliphatic rings. The molecule has 0 atom stereocenters. The normalized spacial score (nSPS) is 12.4. The maximum atomic E-state index is 9.88. The van der Waals surface area contributed by atoms with Gasteiger partial charge in [0.15, 0.2) is 0 Å². The molecule has 0 spiro atoms. The van der Waals surface area contributed by atoms with Gasteiger partial charge in [0.25, 0.3) is 0 Å². The highest BCUT2D eigenvalue weighted by Gasteiger charge is 2.18. The number of hydrogen-bond donors (Lipinski definition) is 2. The first-order valence-electron chi connectivity index (χ1n) is 12.3. The molecule has 2 aromatic heterocycles. The van der Waals surface area contributed by atoms with Crippen molar-refractivity contribution < 1.29 is 19.0 Å². The Hall–Kier alpha value is -3.19. The second-order valence-electron chi connectivity index (χ2n) is 11.6. The standard InChI is InChI=1S/C16H15IO2.C16H16O2/c1-16(2,3)9-4-6-12-10(8-9)14-13(19-12)7-5-11(18)15(14)17;1-16(2,3)10-4-6-14-12(8-10)13-9-11(17)5-7-15(13)18-14/h4-8,18H,1-3H3;4-9,17H,1-3H3. The molecule has 0 saturated carbocycles. The molecular weight excluding hydrogens is 575 g/mol. The number of phenols is 2. The van der Waals surface area contributed by atoms with Crippen LogP contribution in [0.3, 0.4) is 0 Å². The minimum atomic E-state index is 0.0973. The Labute approximate surface area is 230 Å². The van der Waals surface area contributed by atoms with Gasteiger partial charge in [-0.15, -0.1) is 0 Å². The van der Waals surface area contributed by atoms with E-state index in [2.05, 4.69) is 88.4 Å². The molecule has 0 radical (unpaired) electrons. The van der Waals surface area contributed by atoms with E-state index in [0.29, 0.717) is 5.75 Å². The Kier molecular flexibility index (Phi) is 6.18. The fourth-order valence-electron chi connectivity index (χ4n) is 4.51. The maximum absolute atomic E-state index is 9.88. The van der Waals surface area contributed by atoms with E-state index in [9.17, 15) is 10.2 Å². The van der Waals surface area contributed by atoms with Crippen molar-refractivity contribution in [3.05, 3.63) is 81.4 Å². The van der Waals surface area contributed by atoms with E-state index in [1.54, 1.807) is 24.3 Å². The largest absolute Gasteiger partial charge is 0.508 e. The third-order valence-corrected chi connectivity index (χ3v) is 7.83. The summed E-state index contributed by atoms with van der Waals surface area (Å²) in [4.78, 5) is 0. The highest BCUT2D eigenvalue weighted by Crippen LogP contribution is 2.38. The number of halogens is 1. The number of aromatic hydroxyl groups is 2. The van der Waals surface area contributed by atoms with Gasteiger partial charge in [-0.3, -0.25) is 0 Å². The number of rotatable bonds is 0. The van der Waals surface area contributed by atoms with E-state index >= 15 is 0 Å². The summed E-state index contributed by atoms with van der Waals surface area (Å²) >= 11 is 2.17. The van der Waals surface area contributed by atoms with E-state index in [0.717, 1.165) is 47.4 Å².